The average molecular weight is 422 g/mol. The van der Waals surface area contributed by atoms with Gasteiger partial charge in [0.1, 0.15) is 11.6 Å². The summed E-state index contributed by atoms with van der Waals surface area (Å²) in [5, 5.41) is 24.0. The Morgan fingerprint density at radius 3 is 2.63 bits per heavy atom. The Kier molecular flexibility index (Phi) is 4.54. The molecule has 0 spiro atoms. The molecule has 9 heteroatoms. The molecule has 1 aliphatic rings. The summed E-state index contributed by atoms with van der Waals surface area (Å²) in [6, 6.07) is 7.02. The van der Waals surface area contributed by atoms with E-state index in [4.69, 9.17) is 0 Å². The van der Waals surface area contributed by atoms with Crippen molar-refractivity contribution in [1.29, 1.82) is 0 Å². The molecule has 0 radical (unpaired) electrons. The Bertz CT molecular complexity index is 1190. The van der Waals surface area contributed by atoms with E-state index in [0.717, 1.165) is 12.1 Å². The van der Waals surface area contributed by atoms with Gasteiger partial charge in [-0.15, -0.1) is 0 Å². The Morgan fingerprint density at radius 1 is 1.20 bits per heavy atom. The first-order chi connectivity index (χ1) is 14.0. The third-order valence-corrected chi connectivity index (χ3v) is 5.61. The first kappa shape index (κ1) is 20.2. The zero-order chi connectivity index (χ0) is 21.8. The second-order valence-electron chi connectivity index (χ2n) is 7.62. The van der Waals surface area contributed by atoms with E-state index in [9.17, 15) is 32.6 Å². The Labute approximate surface area is 168 Å². The van der Waals surface area contributed by atoms with E-state index in [1.807, 2.05) is 0 Å². The van der Waals surface area contributed by atoms with Crippen LogP contribution in [0.2, 0.25) is 0 Å². The quantitative estimate of drug-likeness (QED) is 0.463. The van der Waals surface area contributed by atoms with E-state index in [-0.39, 0.29) is 33.5 Å². The molecule has 4 N–H and O–H groups in total. The lowest BCUT2D eigenvalue weighted by Gasteiger charge is -2.45. The number of benzene rings is 2. The number of fused-ring (bicyclic) bond motifs is 2. The molecule has 158 valence electrons. The lowest BCUT2D eigenvalue weighted by molar-refractivity contribution is -0.272. The molecule has 3 atom stereocenters. The fraction of sp³-hybridized carbons (Fsp3) is 0.286. The zero-order valence-electron chi connectivity index (χ0n) is 15.7. The number of aromatic nitrogens is 1. The van der Waals surface area contributed by atoms with Gasteiger partial charge in [0, 0.05) is 22.7 Å². The highest BCUT2D eigenvalue weighted by molar-refractivity contribution is 5.91. The largest absolute Gasteiger partial charge is 0.508 e. The maximum atomic E-state index is 14.1. The first-order valence-corrected chi connectivity index (χ1v) is 9.21. The highest BCUT2D eigenvalue weighted by Gasteiger charge is 2.62. The van der Waals surface area contributed by atoms with Crippen molar-refractivity contribution in [2.45, 2.75) is 37.1 Å². The molecule has 1 aromatic heterocycles. The number of hydrogen-bond acceptors (Lipinski definition) is 4. The molecule has 30 heavy (non-hydrogen) atoms. The van der Waals surface area contributed by atoms with Crippen LogP contribution in [0, 0.1) is 5.82 Å². The van der Waals surface area contributed by atoms with E-state index in [1.54, 1.807) is 0 Å². The summed E-state index contributed by atoms with van der Waals surface area (Å²) in [5.74, 6) is -1.72. The minimum Gasteiger partial charge on any atom is -0.508 e. The first-order valence-electron chi connectivity index (χ1n) is 9.21. The third kappa shape index (κ3) is 3.09. The number of rotatable bonds is 2. The molecule has 0 unspecified atom stereocenters. The average Bonchev–Trinajstić information content (AvgIpc) is 2.63. The van der Waals surface area contributed by atoms with Crippen molar-refractivity contribution < 1.29 is 27.8 Å². The fourth-order valence-electron chi connectivity index (χ4n) is 4.29. The predicted molar refractivity (Wildman–Crippen MR) is 103 cm³/mol. The molecular formula is C21H18F4N2O3. The number of phenolic OH excluding ortho intramolecular Hbond substituents is 1. The summed E-state index contributed by atoms with van der Waals surface area (Å²) >= 11 is 0. The number of aliphatic hydroxyl groups is 1. The number of alkyl halides is 3. The van der Waals surface area contributed by atoms with Crippen LogP contribution >= 0.6 is 0 Å². The van der Waals surface area contributed by atoms with Crippen LogP contribution < -0.4 is 10.9 Å². The number of nitrogens with one attached hydrogen (secondary N) is 2. The topological polar surface area (TPSA) is 85.4 Å². The SMILES string of the molecule is C[C@H]1C[C@](O)(C(F)(F)F)[C@@H](Nc2cc(F)cc3[nH]c(=O)ccc23)c2cccc(O)c21. The van der Waals surface area contributed by atoms with Gasteiger partial charge in [0.15, 0.2) is 5.60 Å². The molecule has 0 saturated carbocycles. The standard InChI is InChI=1S/C21H18F4N2O3/c1-10-9-20(30,21(23,24)25)19(13-3-2-4-16(28)18(10)13)27-15-8-11(22)7-14-12(15)5-6-17(29)26-14/h2-8,10,19,27-28,30H,9H2,1H3,(H,26,29)/t10-,19-,20+/m0/s1. The summed E-state index contributed by atoms with van der Waals surface area (Å²) in [7, 11) is 0. The van der Waals surface area contributed by atoms with Gasteiger partial charge in [0.05, 0.1) is 11.6 Å². The van der Waals surface area contributed by atoms with Gasteiger partial charge in [0.2, 0.25) is 5.56 Å². The molecular weight excluding hydrogens is 404 g/mol. The molecule has 1 aliphatic carbocycles. The second-order valence-corrected chi connectivity index (χ2v) is 7.62. The molecule has 0 fully saturated rings. The van der Waals surface area contributed by atoms with Crippen molar-refractivity contribution in [3.05, 3.63) is 69.8 Å². The number of H-pyrrole nitrogens is 1. The summed E-state index contributed by atoms with van der Waals surface area (Å²) < 4.78 is 56.2. The van der Waals surface area contributed by atoms with Crippen LogP contribution in [-0.2, 0) is 0 Å². The smallest absolute Gasteiger partial charge is 0.419 e. The minimum absolute atomic E-state index is 0.0298. The van der Waals surface area contributed by atoms with Crippen molar-refractivity contribution in [1.82, 2.24) is 4.98 Å². The van der Waals surface area contributed by atoms with Crippen LogP contribution in [-0.4, -0.2) is 27.0 Å². The van der Waals surface area contributed by atoms with Gasteiger partial charge in [-0.05, 0) is 42.2 Å². The number of pyridine rings is 1. The molecule has 0 bridgehead atoms. The van der Waals surface area contributed by atoms with Crippen molar-refractivity contribution in [3.63, 3.8) is 0 Å². The lowest BCUT2D eigenvalue weighted by atomic mass is 9.70. The molecule has 2 aromatic carbocycles. The second kappa shape index (κ2) is 6.73. The number of aromatic hydroxyl groups is 1. The molecule has 5 nitrogen and oxygen atoms in total. The molecule has 1 heterocycles. The van der Waals surface area contributed by atoms with Gasteiger partial charge in [-0.25, -0.2) is 4.39 Å². The molecule has 0 saturated heterocycles. The monoisotopic (exact) mass is 422 g/mol. The Morgan fingerprint density at radius 2 is 1.93 bits per heavy atom. The van der Waals surface area contributed by atoms with Crippen LogP contribution in [0.1, 0.15) is 36.4 Å². The van der Waals surface area contributed by atoms with Gasteiger partial charge in [-0.3, -0.25) is 4.79 Å². The lowest BCUT2D eigenvalue weighted by Crippen LogP contribution is -2.55. The van der Waals surface area contributed by atoms with E-state index in [1.165, 1.54) is 37.3 Å². The highest BCUT2D eigenvalue weighted by atomic mass is 19.4. The van der Waals surface area contributed by atoms with Gasteiger partial charge >= 0.3 is 6.18 Å². The van der Waals surface area contributed by atoms with Crippen LogP contribution in [0.3, 0.4) is 0 Å². The predicted octanol–water partition coefficient (Wildman–Crippen LogP) is 4.33. The third-order valence-electron chi connectivity index (χ3n) is 5.61. The summed E-state index contributed by atoms with van der Waals surface area (Å²) in [6.07, 6.45) is -5.69. The van der Waals surface area contributed by atoms with Gasteiger partial charge in [-0.1, -0.05) is 19.1 Å². The Hall–Kier alpha value is -3.07. The van der Waals surface area contributed by atoms with E-state index in [0.29, 0.717) is 0 Å². The minimum atomic E-state index is -5.00. The van der Waals surface area contributed by atoms with Crippen LogP contribution in [0.15, 0.2) is 47.3 Å². The van der Waals surface area contributed by atoms with Gasteiger partial charge in [0.25, 0.3) is 0 Å². The molecule has 0 amide bonds. The van der Waals surface area contributed by atoms with Crippen molar-refractivity contribution in [3.8, 4) is 5.75 Å². The molecule has 4 rings (SSSR count). The summed E-state index contributed by atoms with van der Waals surface area (Å²) in [4.78, 5) is 14.0. The van der Waals surface area contributed by atoms with Crippen LogP contribution in [0.5, 0.6) is 5.75 Å². The van der Waals surface area contributed by atoms with Crippen molar-refractivity contribution >= 4 is 16.6 Å². The number of anilines is 1. The van der Waals surface area contributed by atoms with Crippen molar-refractivity contribution in [2.75, 3.05) is 5.32 Å². The van der Waals surface area contributed by atoms with Crippen LogP contribution in [0.25, 0.3) is 10.9 Å². The van der Waals surface area contributed by atoms with E-state index >= 15 is 0 Å². The zero-order valence-corrected chi connectivity index (χ0v) is 15.7. The molecule has 3 aromatic rings. The highest BCUT2D eigenvalue weighted by Crippen LogP contribution is 2.54. The summed E-state index contributed by atoms with van der Waals surface area (Å²) in [5.41, 5.74) is -3.24. The number of phenols is 1. The maximum absolute atomic E-state index is 14.1. The fourth-order valence-corrected chi connectivity index (χ4v) is 4.29. The normalized spacial score (nSPS) is 23.9. The van der Waals surface area contributed by atoms with Gasteiger partial charge in [-0.2, -0.15) is 13.2 Å². The Balaban J connectivity index is 1.94. The molecule has 0 aliphatic heterocycles. The van der Waals surface area contributed by atoms with E-state index in [2.05, 4.69) is 10.3 Å². The van der Waals surface area contributed by atoms with Gasteiger partial charge < -0.3 is 20.5 Å². The van der Waals surface area contributed by atoms with E-state index < -0.39 is 41.5 Å². The number of aromatic amines is 1. The number of halogens is 4. The number of hydrogen-bond donors (Lipinski definition) is 4. The van der Waals surface area contributed by atoms with Crippen LogP contribution in [0.4, 0.5) is 23.2 Å². The summed E-state index contributed by atoms with van der Waals surface area (Å²) in [6.45, 7) is 1.49. The maximum Gasteiger partial charge on any atom is 0.419 e. The van der Waals surface area contributed by atoms with Crippen molar-refractivity contribution in [2.24, 2.45) is 0 Å².